The number of carbonyl (C=O) groups excluding carboxylic acids is 2. The minimum absolute atomic E-state index is 0.0290. The van der Waals surface area contributed by atoms with Gasteiger partial charge in [-0.25, -0.2) is 4.39 Å². The van der Waals surface area contributed by atoms with Gasteiger partial charge in [-0.2, -0.15) is 5.26 Å². The second-order valence-electron chi connectivity index (χ2n) is 10.1. The van der Waals surface area contributed by atoms with Gasteiger partial charge in [0.15, 0.2) is 0 Å². The molecule has 3 heterocycles. The second-order valence-corrected chi connectivity index (χ2v) is 10.1. The fourth-order valence-corrected chi connectivity index (χ4v) is 5.70. The van der Waals surface area contributed by atoms with Crippen LogP contribution in [0.1, 0.15) is 36.8 Å². The number of hydrogen-bond donors (Lipinski definition) is 2. The van der Waals surface area contributed by atoms with E-state index < -0.39 is 17.4 Å². The molecule has 3 fully saturated rings. The Kier molecular flexibility index (Phi) is 6.78. The Bertz CT molecular complexity index is 1200. The molecule has 36 heavy (non-hydrogen) atoms. The van der Waals surface area contributed by atoms with Gasteiger partial charge in [0.25, 0.3) is 0 Å². The highest BCUT2D eigenvalue weighted by Crippen LogP contribution is 2.37. The lowest BCUT2D eigenvalue weighted by Crippen LogP contribution is -2.64. The first-order valence-corrected chi connectivity index (χ1v) is 12.6. The van der Waals surface area contributed by atoms with Crippen molar-refractivity contribution in [2.45, 2.75) is 50.1 Å². The number of amides is 2. The zero-order valence-corrected chi connectivity index (χ0v) is 20.5. The summed E-state index contributed by atoms with van der Waals surface area (Å²) in [4.78, 5) is 27.1. The lowest BCUT2D eigenvalue weighted by atomic mass is 9.71. The SMILES string of the molecule is COCCN1C(=O)Cc2ccc(-c3ccc(C[C@@H](C#N)NC(=O)C45CCC(CC4)CN5)c(F)c3)cc21. The van der Waals surface area contributed by atoms with Crippen molar-refractivity contribution in [2.75, 3.05) is 31.7 Å². The molecule has 2 aromatic rings. The summed E-state index contributed by atoms with van der Waals surface area (Å²) in [6.45, 7) is 1.74. The molecule has 0 spiro atoms. The fourth-order valence-electron chi connectivity index (χ4n) is 5.70. The maximum Gasteiger partial charge on any atom is 0.241 e. The van der Waals surface area contributed by atoms with Gasteiger partial charge in [-0.15, -0.1) is 0 Å². The number of nitrogens with one attached hydrogen (secondary N) is 2. The predicted molar refractivity (Wildman–Crippen MR) is 134 cm³/mol. The molecule has 0 radical (unpaired) electrons. The number of benzene rings is 2. The molecule has 7 nitrogen and oxygen atoms in total. The molecule has 4 aliphatic rings. The number of fused-ring (bicyclic) bond motifs is 4. The second kappa shape index (κ2) is 10.00. The predicted octanol–water partition coefficient (Wildman–Crippen LogP) is 3.11. The summed E-state index contributed by atoms with van der Waals surface area (Å²) in [6.07, 6.45) is 4.05. The normalized spacial score (nSPS) is 23.3. The first-order chi connectivity index (χ1) is 17.4. The topological polar surface area (TPSA) is 94.5 Å². The third-order valence-electron chi connectivity index (χ3n) is 7.93. The van der Waals surface area contributed by atoms with Crippen LogP contribution in [0, 0.1) is 23.1 Å². The molecule has 2 bridgehead atoms. The lowest BCUT2D eigenvalue weighted by Gasteiger charge is -2.46. The van der Waals surface area contributed by atoms with Crippen LogP contribution < -0.4 is 15.5 Å². The lowest BCUT2D eigenvalue weighted by molar-refractivity contribution is -0.131. The summed E-state index contributed by atoms with van der Waals surface area (Å²) < 4.78 is 20.3. The number of nitrogens with zero attached hydrogens (tertiary/aromatic N) is 2. The number of anilines is 1. The number of hydrogen-bond acceptors (Lipinski definition) is 5. The first kappa shape index (κ1) is 24.4. The van der Waals surface area contributed by atoms with Crippen molar-refractivity contribution in [1.82, 2.24) is 10.6 Å². The van der Waals surface area contributed by atoms with Gasteiger partial charge in [-0.3, -0.25) is 9.59 Å². The summed E-state index contributed by atoms with van der Waals surface area (Å²) in [5, 5.41) is 15.9. The molecule has 2 saturated heterocycles. The Hall–Kier alpha value is -3.28. The number of halogens is 1. The summed E-state index contributed by atoms with van der Waals surface area (Å²) >= 11 is 0. The van der Waals surface area contributed by atoms with E-state index in [9.17, 15) is 14.9 Å². The van der Waals surface area contributed by atoms with Crippen molar-refractivity contribution in [3.8, 4) is 17.2 Å². The van der Waals surface area contributed by atoms with E-state index in [1.165, 1.54) is 6.07 Å². The van der Waals surface area contributed by atoms with Crippen molar-refractivity contribution in [2.24, 2.45) is 5.92 Å². The van der Waals surface area contributed by atoms with Gasteiger partial charge in [0.2, 0.25) is 11.8 Å². The number of nitriles is 1. The molecule has 1 aliphatic carbocycles. The molecular weight excluding hydrogens is 459 g/mol. The van der Waals surface area contributed by atoms with Gasteiger partial charge in [-0.1, -0.05) is 24.3 Å². The summed E-state index contributed by atoms with van der Waals surface area (Å²) in [5.74, 6) is 0.0826. The van der Waals surface area contributed by atoms with E-state index in [1.807, 2.05) is 24.3 Å². The van der Waals surface area contributed by atoms with E-state index in [-0.39, 0.29) is 18.2 Å². The number of rotatable bonds is 8. The van der Waals surface area contributed by atoms with Gasteiger partial charge >= 0.3 is 0 Å². The summed E-state index contributed by atoms with van der Waals surface area (Å²) in [6, 6.07) is 12.0. The molecule has 2 aromatic carbocycles. The Morgan fingerprint density at radius 3 is 2.69 bits per heavy atom. The van der Waals surface area contributed by atoms with E-state index in [1.54, 1.807) is 18.1 Å². The summed E-state index contributed by atoms with van der Waals surface area (Å²) in [5.41, 5.74) is 3.05. The molecule has 2 amide bonds. The van der Waals surface area contributed by atoms with Crippen LogP contribution in [0.3, 0.4) is 0 Å². The van der Waals surface area contributed by atoms with Crippen molar-refractivity contribution < 1.29 is 18.7 Å². The molecule has 0 aromatic heterocycles. The van der Waals surface area contributed by atoms with Gasteiger partial charge in [0.1, 0.15) is 11.9 Å². The van der Waals surface area contributed by atoms with Crippen molar-refractivity contribution in [1.29, 1.82) is 5.26 Å². The Labute approximate surface area is 210 Å². The largest absolute Gasteiger partial charge is 0.383 e. The van der Waals surface area contributed by atoms with Crippen LogP contribution in [-0.2, 0) is 27.2 Å². The van der Waals surface area contributed by atoms with Crippen LogP contribution in [0.4, 0.5) is 10.1 Å². The van der Waals surface area contributed by atoms with Crippen LogP contribution in [0.15, 0.2) is 36.4 Å². The highest BCUT2D eigenvalue weighted by molar-refractivity contribution is 6.02. The zero-order chi connectivity index (χ0) is 25.3. The quantitative estimate of drug-likeness (QED) is 0.593. The van der Waals surface area contributed by atoms with E-state index >= 15 is 4.39 Å². The van der Waals surface area contributed by atoms with E-state index in [2.05, 4.69) is 16.7 Å². The molecule has 8 heteroatoms. The maximum absolute atomic E-state index is 15.1. The van der Waals surface area contributed by atoms with Crippen LogP contribution in [-0.4, -0.2) is 50.2 Å². The standard InChI is InChI=1S/C28H31FN4O3/c1-36-11-10-33-25-14-20(3-5-22(25)15-26(33)34)19-2-4-21(24(29)13-19)12-23(16-30)32-27(35)28-8-6-18(7-9-28)17-31-28/h2-5,13-14,18,23,31H,6-12,15,17H2,1H3,(H,32,35)/t18?,23-,28?/m0/s1. The first-order valence-electron chi connectivity index (χ1n) is 12.6. The smallest absolute Gasteiger partial charge is 0.241 e. The Morgan fingerprint density at radius 2 is 2.03 bits per heavy atom. The zero-order valence-electron chi connectivity index (χ0n) is 20.5. The van der Waals surface area contributed by atoms with Crippen molar-refractivity contribution in [3.05, 3.63) is 53.3 Å². The minimum atomic E-state index is -0.811. The molecule has 2 N–H and O–H groups in total. The van der Waals surface area contributed by atoms with Gasteiger partial charge in [0.05, 0.1) is 24.6 Å². The third kappa shape index (κ3) is 4.61. The maximum atomic E-state index is 15.1. The molecule has 1 saturated carbocycles. The van der Waals surface area contributed by atoms with Gasteiger partial charge in [0, 0.05) is 25.8 Å². The van der Waals surface area contributed by atoms with E-state index in [4.69, 9.17) is 4.74 Å². The highest BCUT2D eigenvalue weighted by Gasteiger charge is 2.46. The molecule has 1 atom stereocenters. The molecule has 0 unspecified atom stereocenters. The van der Waals surface area contributed by atoms with Crippen molar-refractivity contribution in [3.63, 3.8) is 0 Å². The van der Waals surface area contributed by atoms with Crippen LogP contribution >= 0.6 is 0 Å². The monoisotopic (exact) mass is 490 g/mol. The molecule has 6 rings (SSSR count). The van der Waals surface area contributed by atoms with Crippen LogP contribution in [0.2, 0.25) is 0 Å². The minimum Gasteiger partial charge on any atom is -0.383 e. The van der Waals surface area contributed by atoms with Crippen LogP contribution in [0.5, 0.6) is 0 Å². The Balaban J connectivity index is 1.29. The average molecular weight is 491 g/mol. The highest BCUT2D eigenvalue weighted by atomic mass is 19.1. The number of ether oxygens (including phenoxy) is 1. The van der Waals surface area contributed by atoms with E-state index in [0.717, 1.165) is 49.0 Å². The number of carbonyl (C=O) groups is 2. The number of methoxy groups -OCH3 is 1. The summed E-state index contributed by atoms with van der Waals surface area (Å²) in [7, 11) is 1.60. The van der Waals surface area contributed by atoms with Gasteiger partial charge < -0.3 is 20.3 Å². The molecular formula is C28H31FN4O3. The van der Waals surface area contributed by atoms with Crippen molar-refractivity contribution >= 4 is 17.5 Å². The number of piperidine rings is 2. The third-order valence-corrected chi connectivity index (χ3v) is 7.93. The fraction of sp³-hybridized carbons (Fsp3) is 0.464. The Morgan fingerprint density at radius 1 is 1.28 bits per heavy atom. The van der Waals surface area contributed by atoms with Crippen LogP contribution in [0.25, 0.3) is 11.1 Å². The van der Waals surface area contributed by atoms with Gasteiger partial charge in [-0.05, 0) is 72.5 Å². The molecule has 188 valence electrons. The molecule has 3 aliphatic heterocycles. The van der Waals surface area contributed by atoms with E-state index in [0.29, 0.717) is 36.6 Å². The average Bonchev–Trinajstić information content (AvgIpc) is 3.22.